The first-order chi connectivity index (χ1) is 8.15. The van der Waals surface area contributed by atoms with E-state index in [0.717, 1.165) is 18.5 Å². The molecule has 0 amide bonds. The van der Waals surface area contributed by atoms with Crippen LogP contribution < -0.4 is 5.73 Å². The van der Waals surface area contributed by atoms with Crippen molar-refractivity contribution in [2.75, 3.05) is 5.73 Å². The molecule has 3 nitrogen and oxygen atoms in total. The van der Waals surface area contributed by atoms with Crippen LogP contribution in [-0.4, -0.2) is 5.16 Å². The van der Waals surface area contributed by atoms with Crippen molar-refractivity contribution in [1.29, 1.82) is 0 Å². The van der Waals surface area contributed by atoms with Crippen molar-refractivity contribution >= 4 is 5.69 Å². The van der Waals surface area contributed by atoms with Crippen LogP contribution in [-0.2, 0) is 12.8 Å². The number of aryl methyl sites for hydroxylation is 2. The van der Waals surface area contributed by atoms with Crippen LogP contribution in [0, 0.1) is 13.8 Å². The van der Waals surface area contributed by atoms with Crippen molar-refractivity contribution in [3.8, 4) is 0 Å². The van der Waals surface area contributed by atoms with Gasteiger partial charge >= 0.3 is 0 Å². The molecule has 2 aromatic rings. The highest BCUT2D eigenvalue weighted by atomic mass is 16.5. The summed E-state index contributed by atoms with van der Waals surface area (Å²) in [5, 5.41) is 4.03. The zero-order chi connectivity index (χ0) is 12.0. The van der Waals surface area contributed by atoms with Crippen molar-refractivity contribution < 1.29 is 4.52 Å². The predicted octanol–water partition coefficient (Wildman–Crippen LogP) is 2.76. The molecule has 0 saturated heterocycles. The standard InChI is InChI=1S/C14H16N2O/c1-8-3-9(2)12-6-11(5-10(12)4-8)14-13(15)7-17-16-14/h3-4,7,11H,5-6,15H2,1-2H3. The highest BCUT2D eigenvalue weighted by Crippen LogP contribution is 2.37. The lowest BCUT2D eigenvalue weighted by Gasteiger charge is -2.05. The van der Waals surface area contributed by atoms with E-state index in [2.05, 4.69) is 31.1 Å². The van der Waals surface area contributed by atoms with Crippen molar-refractivity contribution in [1.82, 2.24) is 5.16 Å². The van der Waals surface area contributed by atoms with Crippen molar-refractivity contribution in [2.24, 2.45) is 0 Å². The number of benzene rings is 1. The second-order valence-corrected chi connectivity index (χ2v) is 4.98. The van der Waals surface area contributed by atoms with E-state index in [1.54, 1.807) is 0 Å². The number of nitrogens with two attached hydrogens (primary N) is 1. The molecular weight excluding hydrogens is 212 g/mol. The molecule has 1 atom stereocenters. The highest BCUT2D eigenvalue weighted by molar-refractivity contribution is 5.48. The van der Waals surface area contributed by atoms with Crippen LogP contribution in [0.2, 0.25) is 0 Å². The minimum atomic E-state index is 0.379. The van der Waals surface area contributed by atoms with Crippen molar-refractivity contribution in [3.05, 3.63) is 46.3 Å². The van der Waals surface area contributed by atoms with E-state index in [0.29, 0.717) is 11.6 Å². The first-order valence-electron chi connectivity index (χ1n) is 5.94. The topological polar surface area (TPSA) is 52.0 Å². The van der Waals surface area contributed by atoms with Gasteiger partial charge in [0.1, 0.15) is 12.0 Å². The molecule has 0 fully saturated rings. The lowest BCUT2D eigenvalue weighted by Crippen LogP contribution is -2.01. The lowest BCUT2D eigenvalue weighted by atomic mass is 10.0. The molecule has 0 bridgehead atoms. The molecule has 0 radical (unpaired) electrons. The van der Waals surface area contributed by atoms with Crippen molar-refractivity contribution in [3.63, 3.8) is 0 Å². The Morgan fingerprint density at radius 3 is 2.82 bits per heavy atom. The summed E-state index contributed by atoms with van der Waals surface area (Å²) in [6.07, 6.45) is 3.57. The molecule has 1 aromatic heterocycles. The summed E-state index contributed by atoms with van der Waals surface area (Å²) >= 11 is 0. The van der Waals surface area contributed by atoms with Gasteiger partial charge in [0.05, 0.1) is 5.69 Å². The Hall–Kier alpha value is -1.77. The maximum absolute atomic E-state index is 5.87. The second kappa shape index (κ2) is 3.62. The van der Waals surface area contributed by atoms with E-state index in [-0.39, 0.29) is 0 Å². The molecule has 1 aromatic carbocycles. The minimum absolute atomic E-state index is 0.379. The minimum Gasteiger partial charge on any atom is -0.395 e. The third kappa shape index (κ3) is 1.62. The normalized spacial score (nSPS) is 18.4. The van der Waals surface area contributed by atoms with Gasteiger partial charge in [-0.05, 0) is 43.4 Å². The quantitative estimate of drug-likeness (QED) is 0.816. The first kappa shape index (κ1) is 10.4. The Kier molecular flexibility index (Phi) is 2.21. The SMILES string of the molecule is Cc1cc(C)c2c(c1)CC(c1nocc1N)C2. The number of rotatable bonds is 1. The van der Waals surface area contributed by atoms with Crippen LogP contribution in [0.1, 0.15) is 33.9 Å². The second-order valence-electron chi connectivity index (χ2n) is 4.98. The number of nitrogens with zero attached hydrogens (tertiary/aromatic N) is 1. The molecule has 17 heavy (non-hydrogen) atoms. The monoisotopic (exact) mass is 228 g/mol. The number of aromatic nitrogens is 1. The summed E-state index contributed by atoms with van der Waals surface area (Å²) in [4.78, 5) is 0. The Morgan fingerprint density at radius 1 is 1.29 bits per heavy atom. The third-order valence-electron chi connectivity index (χ3n) is 3.64. The van der Waals surface area contributed by atoms with E-state index >= 15 is 0 Å². The molecule has 1 unspecified atom stereocenters. The third-order valence-corrected chi connectivity index (χ3v) is 3.64. The molecule has 1 aliphatic rings. The molecule has 0 aliphatic heterocycles. The summed E-state index contributed by atoms with van der Waals surface area (Å²) in [7, 11) is 0. The molecule has 2 N–H and O–H groups in total. The maximum Gasteiger partial charge on any atom is 0.147 e. The molecule has 3 rings (SSSR count). The molecule has 0 spiro atoms. The highest BCUT2D eigenvalue weighted by Gasteiger charge is 2.27. The number of nitrogen functional groups attached to an aromatic ring is 1. The van der Waals surface area contributed by atoms with Gasteiger partial charge in [0.25, 0.3) is 0 Å². The summed E-state index contributed by atoms with van der Waals surface area (Å²) in [6, 6.07) is 4.52. The Labute approximate surface area is 101 Å². The average Bonchev–Trinajstić information content (AvgIpc) is 2.83. The number of anilines is 1. The first-order valence-corrected chi connectivity index (χ1v) is 5.94. The Bertz CT molecular complexity index is 572. The fourth-order valence-electron chi connectivity index (χ4n) is 2.90. The van der Waals surface area contributed by atoms with Gasteiger partial charge in [-0.1, -0.05) is 22.9 Å². The number of fused-ring (bicyclic) bond motifs is 1. The van der Waals surface area contributed by atoms with Crippen LogP contribution in [0.25, 0.3) is 0 Å². The van der Waals surface area contributed by atoms with Gasteiger partial charge in [-0.2, -0.15) is 0 Å². The van der Waals surface area contributed by atoms with Gasteiger partial charge in [0.15, 0.2) is 0 Å². The van der Waals surface area contributed by atoms with E-state index in [9.17, 15) is 0 Å². The van der Waals surface area contributed by atoms with Gasteiger partial charge in [0, 0.05) is 5.92 Å². The van der Waals surface area contributed by atoms with E-state index in [4.69, 9.17) is 10.3 Å². The predicted molar refractivity (Wildman–Crippen MR) is 67.0 cm³/mol. The molecule has 3 heteroatoms. The molecule has 1 aliphatic carbocycles. The van der Waals surface area contributed by atoms with Crippen LogP contribution in [0.15, 0.2) is 22.9 Å². The van der Waals surface area contributed by atoms with Crippen LogP contribution in [0.4, 0.5) is 5.69 Å². The largest absolute Gasteiger partial charge is 0.395 e. The van der Waals surface area contributed by atoms with Crippen LogP contribution in [0.3, 0.4) is 0 Å². The van der Waals surface area contributed by atoms with Crippen molar-refractivity contribution in [2.45, 2.75) is 32.6 Å². The number of hydrogen-bond donors (Lipinski definition) is 1. The van der Waals surface area contributed by atoms with E-state index < -0.39 is 0 Å². The lowest BCUT2D eigenvalue weighted by molar-refractivity contribution is 0.405. The summed E-state index contributed by atoms with van der Waals surface area (Å²) in [5.41, 5.74) is 13.1. The fraction of sp³-hybridized carbons (Fsp3) is 0.357. The smallest absolute Gasteiger partial charge is 0.147 e. The van der Waals surface area contributed by atoms with Gasteiger partial charge in [0.2, 0.25) is 0 Å². The van der Waals surface area contributed by atoms with Gasteiger partial charge in [-0.3, -0.25) is 0 Å². The van der Waals surface area contributed by atoms with Gasteiger partial charge < -0.3 is 10.3 Å². The van der Waals surface area contributed by atoms with Gasteiger partial charge in [-0.25, -0.2) is 0 Å². The number of hydrogen-bond acceptors (Lipinski definition) is 3. The molecule has 88 valence electrons. The summed E-state index contributed by atoms with van der Waals surface area (Å²) in [6.45, 7) is 4.32. The van der Waals surface area contributed by atoms with Gasteiger partial charge in [-0.15, -0.1) is 0 Å². The van der Waals surface area contributed by atoms with Crippen LogP contribution >= 0.6 is 0 Å². The summed E-state index contributed by atoms with van der Waals surface area (Å²) in [5.74, 6) is 0.379. The van der Waals surface area contributed by atoms with Crippen LogP contribution in [0.5, 0.6) is 0 Å². The van der Waals surface area contributed by atoms with E-state index in [1.807, 2.05) is 0 Å². The summed E-state index contributed by atoms with van der Waals surface area (Å²) < 4.78 is 4.94. The Morgan fingerprint density at radius 2 is 2.12 bits per heavy atom. The average molecular weight is 228 g/mol. The zero-order valence-corrected chi connectivity index (χ0v) is 10.2. The maximum atomic E-state index is 5.87. The Balaban J connectivity index is 1.98. The molecular formula is C14H16N2O. The zero-order valence-electron chi connectivity index (χ0n) is 10.2. The van der Waals surface area contributed by atoms with E-state index in [1.165, 1.54) is 28.5 Å². The fourth-order valence-corrected chi connectivity index (χ4v) is 2.90. The molecule has 0 saturated carbocycles. The molecule has 1 heterocycles.